The monoisotopic (exact) mass is 217 g/mol. The molecule has 0 unspecified atom stereocenters. The van der Waals surface area contributed by atoms with Gasteiger partial charge in [-0.05, 0) is 12.1 Å². The Morgan fingerprint density at radius 3 is 2.44 bits per heavy atom. The van der Waals surface area contributed by atoms with Gasteiger partial charge in [0, 0.05) is 14.1 Å². The predicted molar refractivity (Wildman–Crippen MR) is 63.6 cm³/mol. The van der Waals surface area contributed by atoms with Crippen LogP contribution in [0, 0.1) is 0 Å². The fraction of sp³-hybridized carbons (Fsp3) is 0.273. The molecule has 1 aromatic carbocycles. The van der Waals surface area contributed by atoms with Crippen molar-refractivity contribution in [1.29, 1.82) is 0 Å². The van der Waals surface area contributed by atoms with E-state index in [1.54, 1.807) is 0 Å². The Bertz CT molecular complexity index is 460. The van der Waals surface area contributed by atoms with Gasteiger partial charge >= 0.3 is 0 Å². The molecule has 2 N–H and O–H groups in total. The van der Waals surface area contributed by atoms with E-state index in [0.29, 0.717) is 6.54 Å². The van der Waals surface area contributed by atoms with Gasteiger partial charge in [-0.15, -0.1) is 10.2 Å². The Balaban J connectivity index is 2.57. The summed E-state index contributed by atoms with van der Waals surface area (Å²) in [6.07, 6.45) is 0. The first kappa shape index (κ1) is 10.6. The van der Waals surface area contributed by atoms with Crippen molar-refractivity contribution in [3.05, 3.63) is 36.2 Å². The molecule has 5 nitrogen and oxygen atoms in total. The van der Waals surface area contributed by atoms with Gasteiger partial charge in [-0.1, -0.05) is 18.2 Å². The summed E-state index contributed by atoms with van der Waals surface area (Å²) in [5, 5.41) is 8.20. The lowest BCUT2D eigenvalue weighted by atomic mass is 10.3. The summed E-state index contributed by atoms with van der Waals surface area (Å²) < 4.78 is 1.96. The van der Waals surface area contributed by atoms with Gasteiger partial charge in [0.15, 0.2) is 5.82 Å². The molecule has 0 aliphatic rings. The highest BCUT2D eigenvalue weighted by molar-refractivity contribution is 5.43. The van der Waals surface area contributed by atoms with Gasteiger partial charge in [0.05, 0.1) is 12.2 Å². The summed E-state index contributed by atoms with van der Waals surface area (Å²) in [5.74, 6) is 1.54. The quantitative estimate of drug-likeness (QED) is 0.825. The molecule has 0 radical (unpaired) electrons. The highest BCUT2D eigenvalue weighted by atomic mass is 15.4. The van der Waals surface area contributed by atoms with Crippen LogP contribution in [0.3, 0.4) is 0 Å². The van der Waals surface area contributed by atoms with E-state index in [2.05, 4.69) is 10.2 Å². The molecule has 0 aliphatic heterocycles. The first-order valence-corrected chi connectivity index (χ1v) is 5.11. The van der Waals surface area contributed by atoms with Crippen molar-refractivity contribution in [2.24, 2.45) is 5.73 Å². The average Bonchev–Trinajstić information content (AvgIpc) is 2.73. The van der Waals surface area contributed by atoms with Gasteiger partial charge in [0.1, 0.15) is 0 Å². The predicted octanol–water partition coefficient (Wildman–Crippen LogP) is 0.792. The second-order valence-electron chi connectivity index (χ2n) is 3.69. The van der Waals surface area contributed by atoms with E-state index in [0.717, 1.165) is 17.5 Å². The van der Waals surface area contributed by atoms with Crippen LogP contribution in [0.15, 0.2) is 30.3 Å². The highest BCUT2D eigenvalue weighted by Gasteiger charge is 2.13. The summed E-state index contributed by atoms with van der Waals surface area (Å²) in [7, 11) is 3.87. The minimum Gasteiger partial charge on any atom is -0.347 e. The Hall–Kier alpha value is -1.88. The van der Waals surface area contributed by atoms with E-state index in [1.807, 2.05) is 53.9 Å². The molecule has 2 rings (SSSR count). The minimum absolute atomic E-state index is 0.371. The summed E-state index contributed by atoms with van der Waals surface area (Å²) in [6, 6.07) is 9.96. The number of anilines is 1. The van der Waals surface area contributed by atoms with Crippen LogP contribution in [-0.4, -0.2) is 28.9 Å². The number of benzene rings is 1. The molecule has 0 bridgehead atoms. The van der Waals surface area contributed by atoms with Crippen LogP contribution in [0.1, 0.15) is 5.82 Å². The van der Waals surface area contributed by atoms with Gasteiger partial charge in [-0.25, -0.2) is 0 Å². The van der Waals surface area contributed by atoms with Crippen LogP contribution in [0.5, 0.6) is 0 Å². The molecule has 0 atom stereocenters. The molecule has 1 aromatic heterocycles. The molecule has 2 aromatic rings. The van der Waals surface area contributed by atoms with Crippen LogP contribution in [0.2, 0.25) is 0 Å². The number of nitrogens with zero attached hydrogens (tertiary/aromatic N) is 4. The van der Waals surface area contributed by atoms with Crippen molar-refractivity contribution in [3.8, 4) is 5.69 Å². The summed E-state index contributed by atoms with van der Waals surface area (Å²) in [6.45, 7) is 0.371. The van der Waals surface area contributed by atoms with Gasteiger partial charge in [-0.2, -0.15) is 0 Å². The molecule has 0 aliphatic carbocycles. The van der Waals surface area contributed by atoms with Crippen molar-refractivity contribution >= 4 is 5.95 Å². The lowest BCUT2D eigenvalue weighted by molar-refractivity contribution is 0.853. The van der Waals surface area contributed by atoms with E-state index in [1.165, 1.54) is 0 Å². The Kier molecular flexibility index (Phi) is 2.87. The largest absolute Gasteiger partial charge is 0.347 e. The standard InChI is InChI=1S/C11H15N5/c1-15(2)11-14-13-10(8-12)16(11)9-6-4-3-5-7-9/h3-7H,8,12H2,1-2H3. The van der Waals surface area contributed by atoms with Crippen molar-refractivity contribution in [1.82, 2.24) is 14.8 Å². The number of hydrogen-bond donors (Lipinski definition) is 1. The third-order valence-electron chi connectivity index (χ3n) is 2.31. The summed E-state index contributed by atoms with van der Waals surface area (Å²) in [4.78, 5) is 1.92. The fourth-order valence-electron chi connectivity index (χ4n) is 1.57. The number of hydrogen-bond acceptors (Lipinski definition) is 4. The topological polar surface area (TPSA) is 60.0 Å². The van der Waals surface area contributed by atoms with E-state index in [-0.39, 0.29) is 0 Å². The maximum Gasteiger partial charge on any atom is 0.231 e. The molecule has 16 heavy (non-hydrogen) atoms. The number of nitrogens with two attached hydrogens (primary N) is 1. The molecule has 0 saturated heterocycles. The number of aromatic nitrogens is 3. The van der Waals surface area contributed by atoms with Crippen LogP contribution in [0.4, 0.5) is 5.95 Å². The smallest absolute Gasteiger partial charge is 0.231 e. The maximum atomic E-state index is 5.66. The third-order valence-corrected chi connectivity index (χ3v) is 2.31. The van der Waals surface area contributed by atoms with Crippen molar-refractivity contribution < 1.29 is 0 Å². The van der Waals surface area contributed by atoms with E-state index < -0.39 is 0 Å². The normalized spacial score (nSPS) is 10.4. The molecule has 0 spiro atoms. The Labute approximate surface area is 94.5 Å². The summed E-state index contributed by atoms with van der Waals surface area (Å²) in [5.41, 5.74) is 6.68. The first-order chi connectivity index (χ1) is 7.74. The van der Waals surface area contributed by atoms with Gasteiger partial charge in [-0.3, -0.25) is 4.57 Å². The van der Waals surface area contributed by atoms with E-state index in [9.17, 15) is 0 Å². The third kappa shape index (κ3) is 1.77. The van der Waals surface area contributed by atoms with E-state index in [4.69, 9.17) is 5.73 Å². The van der Waals surface area contributed by atoms with Crippen LogP contribution >= 0.6 is 0 Å². The first-order valence-electron chi connectivity index (χ1n) is 5.11. The zero-order valence-corrected chi connectivity index (χ0v) is 9.46. The van der Waals surface area contributed by atoms with Crippen LogP contribution in [-0.2, 0) is 6.54 Å². The molecule has 5 heteroatoms. The van der Waals surface area contributed by atoms with Crippen molar-refractivity contribution in [2.75, 3.05) is 19.0 Å². The van der Waals surface area contributed by atoms with Crippen molar-refractivity contribution in [2.45, 2.75) is 6.54 Å². The van der Waals surface area contributed by atoms with Gasteiger partial charge in [0.25, 0.3) is 0 Å². The molecule has 1 heterocycles. The zero-order chi connectivity index (χ0) is 11.5. The lowest BCUT2D eigenvalue weighted by Crippen LogP contribution is -2.16. The molecular formula is C11H15N5. The fourth-order valence-corrected chi connectivity index (χ4v) is 1.57. The Morgan fingerprint density at radius 1 is 1.19 bits per heavy atom. The van der Waals surface area contributed by atoms with Gasteiger partial charge < -0.3 is 10.6 Å². The maximum absolute atomic E-state index is 5.66. The lowest BCUT2D eigenvalue weighted by Gasteiger charge is -2.14. The summed E-state index contributed by atoms with van der Waals surface area (Å²) >= 11 is 0. The molecule has 0 fully saturated rings. The average molecular weight is 217 g/mol. The molecular weight excluding hydrogens is 202 g/mol. The van der Waals surface area contributed by atoms with Gasteiger partial charge in [0.2, 0.25) is 5.95 Å². The molecule has 0 saturated carbocycles. The second kappa shape index (κ2) is 4.32. The minimum atomic E-state index is 0.371. The van der Waals surface area contributed by atoms with Crippen LogP contribution < -0.4 is 10.6 Å². The number of rotatable bonds is 3. The zero-order valence-electron chi connectivity index (χ0n) is 9.46. The Morgan fingerprint density at radius 2 is 1.88 bits per heavy atom. The molecule has 84 valence electrons. The van der Waals surface area contributed by atoms with Crippen molar-refractivity contribution in [3.63, 3.8) is 0 Å². The van der Waals surface area contributed by atoms with Crippen LogP contribution in [0.25, 0.3) is 5.69 Å². The SMILES string of the molecule is CN(C)c1nnc(CN)n1-c1ccccc1. The number of para-hydroxylation sites is 1. The molecule has 0 amide bonds. The van der Waals surface area contributed by atoms with E-state index >= 15 is 0 Å². The second-order valence-corrected chi connectivity index (χ2v) is 3.69. The highest BCUT2D eigenvalue weighted by Crippen LogP contribution is 2.17.